The minimum absolute atomic E-state index is 0.154. The van der Waals surface area contributed by atoms with Crippen molar-refractivity contribution in [2.45, 2.75) is 32.4 Å². The Morgan fingerprint density at radius 2 is 1.83 bits per heavy atom. The zero-order valence-corrected chi connectivity index (χ0v) is 18.0. The van der Waals surface area contributed by atoms with Crippen LogP contribution in [-0.4, -0.2) is 29.1 Å². The lowest BCUT2D eigenvalue weighted by Gasteiger charge is -2.36. The number of piperidine rings is 1. The van der Waals surface area contributed by atoms with Gasteiger partial charge in [0.2, 0.25) is 0 Å². The van der Waals surface area contributed by atoms with Gasteiger partial charge in [0.25, 0.3) is 0 Å². The quantitative estimate of drug-likeness (QED) is 0.546. The summed E-state index contributed by atoms with van der Waals surface area (Å²) < 4.78 is 5.95. The predicted molar refractivity (Wildman–Crippen MR) is 120 cm³/mol. The molecule has 0 amide bonds. The van der Waals surface area contributed by atoms with Gasteiger partial charge in [-0.25, -0.2) is 0 Å². The van der Waals surface area contributed by atoms with E-state index in [4.69, 9.17) is 4.74 Å². The van der Waals surface area contributed by atoms with E-state index in [1.165, 1.54) is 16.0 Å². The van der Waals surface area contributed by atoms with Crippen molar-refractivity contribution in [1.82, 2.24) is 4.90 Å². The maximum Gasteiger partial charge on any atom is 0.306 e. The molecule has 1 fully saturated rings. The standard InChI is InChI=1S/C25H27NO3S/c1-18-15-23(30-17-18)24(26-13-11-21(12-14-26)25(27)28)20-7-9-22(10-8-20)29-16-19-5-3-2-4-6-19/h2-10,15,17,21,24H,11-14,16H2,1H3,(H,27,28). The molecule has 0 saturated carbocycles. The van der Waals surface area contributed by atoms with E-state index in [-0.39, 0.29) is 12.0 Å². The molecule has 4 rings (SSSR count). The molecule has 30 heavy (non-hydrogen) atoms. The molecule has 5 heteroatoms. The van der Waals surface area contributed by atoms with Gasteiger partial charge >= 0.3 is 5.97 Å². The summed E-state index contributed by atoms with van der Waals surface area (Å²) in [7, 11) is 0. The van der Waals surface area contributed by atoms with E-state index in [0.29, 0.717) is 19.4 Å². The molecule has 0 spiro atoms. The second-order valence-corrected chi connectivity index (χ2v) is 8.86. The lowest BCUT2D eigenvalue weighted by molar-refractivity contribution is -0.143. The molecule has 0 radical (unpaired) electrons. The Morgan fingerprint density at radius 1 is 1.13 bits per heavy atom. The Labute approximate surface area is 181 Å². The van der Waals surface area contributed by atoms with Gasteiger partial charge in [-0.05, 0) is 73.1 Å². The van der Waals surface area contributed by atoms with Crippen molar-refractivity contribution in [3.63, 3.8) is 0 Å². The molecule has 1 aliphatic rings. The fourth-order valence-corrected chi connectivity index (χ4v) is 5.10. The zero-order valence-electron chi connectivity index (χ0n) is 17.2. The molecule has 0 aliphatic carbocycles. The van der Waals surface area contributed by atoms with Gasteiger partial charge in [0, 0.05) is 4.88 Å². The number of likely N-dealkylation sites (tertiary alicyclic amines) is 1. The second-order valence-electron chi connectivity index (χ2n) is 7.92. The highest BCUT2D eigenvalue weighted by atomic mass is 32.1. The molecule has 1 unspecified atom stereocenters. The van der Waals surface area contributed by atoms with Crippen molar-refractivity contribution in [2.24, 2.45) is 5.92 Å². The highest BCUT2D eigenvalue weighted by molar-refractivity contribution is 7.10. The number of nitrogens with zero attached hydrogens (tertiary/aromatic N) is 1. The molecule has 4 nitrogen and oxygen atoms in total. The molecule has 1 aliphatic heterocycles. The lowest BCUT2D eigenvalue weighted by Crippen LogP contribution is -2.39. The number of hydrogen-bond donors (Lipinski definition) is 1. The third-order valence-corrected chi connectivity index (χ3v) is 6.81. The molecule has 156 valence electrons. The van der Waals surface area contributed by atoms with Crippen molar-refractivity contribution in [1.29, 1.82) is 0 Å². The predicted octanol–water partition coefficient (Wildman–Crippen LogP) is 5.52. The van der Waals surface area contributed by atoms with E-state index in [1.807, 2.05) is 30.3 Å². The zero-order chi connectivity index (χ0) is 20.9. The van der Waals surface area contributed by atoms with Crippen LogP contribution >= 0.6 is 11.3 Å². The highest BCUT2D eigenvalue weighted by Crippen LogP contribution is 2.36. The van der Waals surface area contributed by atoms with Crippen molar-refractivity contribution < 1.29 is 14.6 Å². The SMILES string of the molecule is Cc1csc(C(c2ccc(OCc3ccccc3)cc2)N2CCC(C(=O)O)CC2)c1. The largest absolute Gasteiger partial charge is 0.489 e. The van der Waals surface area contributed by atoms with Gasteiger partial charge < -0.3 is 9.84 Å². The summed E-state index contributed by atoms with van der Waals surface area (Å²) in [5.41, 5.74) is 3.63. The average molecular weight is 422 g/mol. The second kappa shape index (κ2) is 9.45. The summed E-state index contributed by atoms with van der Waals surface area (Å²) >= 11 is 1.78. The van der Waals surface area contributed by atoms with Crippen LogP contribution in [0.4, 0.5) is 0 Å². The number of carboxylic acid groups (broad SMARTS) is 1. The van der Waals surface area contributed by atoms with Crippen molar-refractivity contribution in [2.75, 3.05) is 13.1 Å². The molecule has 1 saturated heterocycles. The van der Waals surface area contributed by atoms with Gasteiger partial charge in [-0.1, -0.05) is 42.5 Å². The number of aliphatic carboxylic acids is 1. The number of thiophene rings is 1. The Balaban J connectivity index is 1.50. The van der Waals surface area contributed by atoms with E-state index < -0.39 is 5.97 Å². The Bertz CT molecular complexity index is 960. The van der Waals surface area contributed by atoms with Crippen LogP contribution in [0.15, 0.2) is 66.0 Å². The minimum atomic E-state index is -0.668. The third-order valence-electron chi connectivity index (χ3n) is 5.71. The van der Waals surface area contributed by atoms with Crippen LogP contribution in [0.2, 0.25) is 0 Å². The number of aryl methyl sites for hydroxylation is 1. The van der Waals surface area contributed by atoms with Crippen LogP contribution in [0.1, 0.15) is 40.5 Å². The van der Waals surface area contributed by atoms with Gasteiger partial charge in [0.1, 0.15) is 12.4 Å². The van der Waals surface area contributed by atoms with Gasteiger partial charge in [-0.3, -0.25) is 9.69 Å². The topological polar surface area (TPSA) is 49.8 Å². The number of hydrogen-bond acceptors (Lipinski definition) is 4. The fourth-order valence-electron chi connectivity index (χ4n) is 4.04. The Morgan fingerprint density at radius 3 is 2.43 bits per heavy atom. The van der Waals surface area contributed by atoms with E-state index in [9.17, 15) is 9.90 Å². The lowest BCUT2D eigenvalue weighted by atomic mass is 9.93. The van der Waals surface area contributed by atoms with Gasteiger partial charge in [0.05, 0.1) is 12.0 Å². The Hall–Kier alpha value is -2.63. The molecule has 1 atom stereocenters. The number of carboxylic acids is 1. The monoisotopic (exact) mass is 421 g/mol. The van der Waals surface area contributed by atoms with Crippen molar-refractivity contribution in [3.8, 4) is 5.75 Å². The first-order chi connectivity index (χ1) is 14.6. The number of carbonyl (C=O) groups is 1. The fraction of sp³-hybridized carbons (Fsp3) is 0.320. The summed E-state index contributed by atoms with van der Waals surface area (Å²) in [5.74, 6) is -0.0351. The summed E-state index contributed by atoms with van der Waals surface area (Å²) in [6.07, 6.45) is 1.41. The van der Waals surface area contributed by atoms with Crippen LogP contribution in [0.25, 0.3) is 0 Å². The molecule has 1 aromatic heterocycles. The number of benzene rings is 2. The van der Waals surface area contributed by atoms with Crippen LogP contribution in [-0.2, 0) is 11.4 Å². The summed E-state index contributed by atoms with van der Waals surface area (Å²) in [6.45, 7) is 4.26. The van der Waals surface area contributed by atoms with Crippen molar-refractivity contribution >= 4 is 17.3 Å². The minimum Gasteiger partial charge on any atom is -0.489 e. The molecule has 2 aromatic carbocycles. The van der Waals surface area contributed by atoms with E-state index in [2.05, 4.69) is 47.5 Å². The molecule has 1 N–H and O–H groups in total. The normalized spacial score (nSPS) is 16.3. The van der Waals surface area contributed by atoms with Crippen LogP contribution in [0, 0.1) is 12.8 Å². The smallest absolute Gasteiger partial charge is 0.306 e. The Kier molecular flexibility index (Phi) is 6.50. The van der Waals surface area contributed by atoms with Crippen LogP contribution < -0.4 is 4.74 Å². The van der Waals surface area contributed by atoms with E-state index in [0.717, 1.165) is 24.4 Å². The van der Waals surface area contributed by atoms with E-state index in [1.54, 1.807) is 11.3 Å². The third kappa shape index (κ3) is 4.91. The summed E-state index contributed by atoms with van der Waals surface area (Å²) in [5, 5.41) is 11.5. The first kappa shape index (κ1) is 20.6. The van der Waals surface area contributed by atoms with Gasteiger partial charge in [-0.15, -0.1) is 11.3 Å². The maximum absolute atomic E-state index is 11.3. The summed E-state index contributed by atoms with van der Waals surface area (Å²) in [4.78, 5) is 15.1. The molecular formula is C25H27NO3S. The van der Waals surface area contributed by atoms with Gasteiger partial charge in [0.15, 0.2) is 0 Å². The summed E-state index contributed by atoms with van der Waals surface area (Å²) in [6, 6.07) is 20.9. The van der Waals surface area contributed by atoms with Crippen LogP contribution in [0.3, 0.4) is 0 Å². The molecular weight excluding hydrogens is 394 g/mol. The molecule has 2 heterocycles. The van der Waals surface area contributed by atoms with Crippen molar-refractivity contribution in [3.05, 3.63) is 87.6 Å². The average Bonchev–Trinajstić information content (AvgIpc) is 3.20. The molecule has 0 bridgehead atoms. The van der Waals surface area contributed by atoms with Crippen LogP contribution in [0.5, 0.6) is 5.75 Å². The number of ether oxygens (including phenoxy) is 1. The number of rotatable bonds is 7. The van der Waals surface area contributed by atoms with Gasteiger partial charge in [-0.2, -0.15) is 0 Å². The first-order valence-electron chi connectivity index (χ1n) is 10.4. The van der Waals surface area contributed by atoms with E-state index >= 15 is 0 Å². The highest BCUT2D eigenvalue weighted by Gasteiger charge is 2.30. The first-order valence-corrected chi connectivity index (χ1v) is 11.3. The molecule has 3 aromatic rings. The maximum atomic E-state index is 11.3.